The van der Waals surface area contributed by atoms with Crippen molar-refractivity contribution in [2.75, 3.05) is 6.61 Å². The summed E-state index contributed by atoms with van der Waals surface area (Å²) in [6, 6.07) is 6.83. The maximum atomic E-state index is 11.6. The fourth-order valence-corrected chi connectivity index (χ4v) is 1.32. The van der Waals surface area contributed by atoms with Gasteiger partial charge in [0.2, 0.25) is 0 Å². The fourth-order valence-electron chi connectivity index (χ4n) is 1.19. The lowest BCUT2D eigenvalue weighted by Gasteiger charge is -2.22. The molecule has 0 bridgehead atoms. The van der Waals surface area contributed by atoms with Gasteiger partial charge in [0, 0.05) is 5.02 Å². The molecule has 82 valence electrons. The van der Waals surface area contributed by atoms with E-state index in [1.807, 2.05) is 0 Å². The number of carbonyl (C=O) groups excluding carboxylic acids is 1. The Morgan fingerprint density at radius 2 is 2.00 bits per heavy atom. The number of halogens is 1. The van der Waals surface area contributed by atoms with Crippen LogP contribution in [0, 0.1) is 0 Å². The molecule has 0 aliphatic rings. The molecule has 4 heteroatoms. The summed E-state index contributed by atoms with van der Waals surface area (Å²) in [7, 11) is 0. The van der Waals surface area contributed by atoms with E-state index in [-0.39, 0.29) is 0 Å². The molecule has 1 aromatic rings. The van der Waals surface area contributed by atoms with Gasteiger partial charge in [-0.15, -0.1) is 0 Å². The van der Waals surface area contributed by atoms with Gasteiger partial charge in [0.1, 0.15) is 5.54 Å². The zero-order chi connectivity index (χ0) is 11.5. The van der Waals surface area contributed by atoms with Gasteiger partial charge >= 0.3 is 5.97 Å². The first-order valence-corrected chi connectivity index (χ1v) is 5.08. The SMILES string of the molecule is CCOC(=O)C(C)(N)c1ccc(Cl)cc1. The van der Waals surface area contributed by atoms with Crippen LogP contribution in [0.1, 0.15) is 19.4 Å². The first-order chi connectivity index (χ1) is 6.98. The van der Waals surface area contributed by atoms with Gasteiger partial charge in [0.25, 0.3) is 0 Å². The minimum Gasteiger partial charge on any atom is -0.464 e. The number of nitrogens with two attached hydrogens (primary N) is 1. The summed E-state index contributed by atoms with van der Waals surface area (Å²) >= 11 is 5.75. The molecule has 3 nitrogen and oxygen atoms in total. The van der Waals surface area contributed by atoms with Crippen molar-refractivity contribution in [2.24, 2.45) is 5.73 Å². The topological polar surface area (TPSA) is 52.3 Å². The van der Waals surface area contributed by atoms with Crippen LogP contribution in [0.25, 0.3) is 0 Å². The van der Waals surface area contributed by atoms with Crippen molar-refractivity contribution >= 4 is 17.6 Å². The lowest BCUT2D eigenvalue weighted by atomic mass is 9.93. The van der Waals surface area contributed by atoms with E-state index in [2.05, 4.69) is 0 Å². The molecule has 1 rings (SSSR count). The number of ether oxygens (including phenoxy) is 1. The van der Waals surface area contributed by atoms with Crippen molar-refractivity contribution in [1.82, 2.24) is 0 Å². The second-order valence-corrected chi connectivity index (χ2v) is 3.87. The van der Waals surface area contributed by atoms with Crippen LogP contribution >= 0.6 is 11.6 Å². The number of carbonyl (C=O) groups is 1. The highest BCUT2D eigenvalue weighted by atomic mass is 35.5. The van der Waals surface area contributed by atoms with E-state index in [4.69, 9.17) is 22.1 Å². The quantitative estimate of drug-likeness (QED) is 0.805. The minimum absolute atomic E-state index is 0.319. The molecule has 0 spiro atoms. The monoisotopic (exact) mass is 227 g/mol. The average molecular weight is 228 g/mol. The van der Waals surface area contributed by atoms with E-state index in [9.17, 15) is 4.79 Å². The van der Waals surface area contributed by atoms with E-state index in [0.29, 0.717) is 17.2 Å². The first kappa shape index (κ1) is 12.0. The summed E-state index contributed by atoms with van der Waals surface area (Å²) in [5, 5.41) is 0.610. The van der Waals surface area contributed by atoms with Gasteiger partial charge in [-0.1, -0.05) is 23.7 Å². The largest absolute Gasteiger partial charge is 0.464 e. The van der Waals surface area contributed by atoms with Crippen LogP contribution in [0.4, 0.5) is 0 Å². The van der Waals surface area contributed by atoms with Crippen LogP contribution in [-0.2, 0) is 15.1 Å². The van der Waals surface area contributed by atoms with Crippen LogP contribution in [0.5, 0.6) is 0 Å². The fraction of sp³-hybridized carbons (Fsp3) is 0.364. The van der Waals surface area contributed by atoms with E-state index in [0.717, 1.165) is 0 Å². The molecule has 0 aliphatic carbocycles. The molecule has 15 heavy (non-hydrogen) atoms. The second kappa shape index (κ2) is 4.64. The summed E-state index contributed by atoms with van der Waals surface area (Å²) in [6.45, 7) is 3.68. The lowest BCUT2D eigenvalue weighted by molar-refractivity contribution is -0.149. The summed E-state index contributed by atoms with van der Waals surface area (Å²) in [6.07, 6.45) is 0. The molecular weight excluding hydrogens is 214 g/mol. The standard InChI is InChI=1S/C11H14ClNO2/c1-3-15-10(14)11(2,13)8-4-6-9(12)7-5-8/h4-7H,3,13H2,1-2H3. The molecule has 0 aliphatic heterocycles. The predicted octanol–water partition coefficient (Wildman–Crippen LogP) is 2.08. The van der Waals surface area contributed by atoms with Crippen LogP contribution in [0.15, 0.2) is 24.3 Å². The van der Waals surface area contributed by atoms with Crippen molar-refractivity contribution in [3.63, 3.8) is 0 Å². The van der Waals surface area contributed by atoms with E-state index < -0.39 is 11.5 Å². The molecule has 1 unspecified atom stereocenters. The Labute approximate surface area is 94.2 Å². The zero-order valence-electron chi connectivity index (χ0n) is 8.79. The molecule has 0 aromatic heterocycles. The maximum Gasteiger partial charge on any atom is 0.330 e. The Morgan fingerprint density at radius 3 is 2.47 bits per heavy atom. The van der Waals surface area contributed by atoms with E-state index >= 15 is 0 Å². The molecule has 1 atom stereocenters. The third-order valence-corrected chi connectivity index (χ3v) is 2.40. The average Bonchev–Trinajstić information content (AvgIpc) is 2.18. The van der Waals surface area contributed by atoms with Crippen molar-refractivity contribution in [3.8, 4) is 0 Å². The summed E-state index contributed by atoms with van der Waals surface area (Å²) < 4.78 is 4.89. The van der Waals surface area contributed by atoms with Crippen molar-refractivity contribution in [1.29, 1.82) is 0 Å². The molecule has 0 saturated heterocycles. The minimum atomic E-state index is -1.12. The Kier molecular flexibility index (Phi) is 3.72. The smallest absolute Gasteiger partial charge is 0.330 e. The zero-order valence-corrected chi connectivity index (χ0v) is 9.54. The number of hydrogen-bond acceptors (Lipinski definition) is 3. The molecule has 0 saturated carbocycles. The van der Waals surface area contributed by atoms with Gasteiger partial charge < -0.3 is 10.5 Å². The van der Waals surface area contributed by atoms with Gasteiger partial charge in [-0.2, -0.15) is 0 Å². The van der Waals surface area contributed by atoms with Crippen LogP contribution in [-0.4, -0.2) is 12.6 Å². The van der Waals surface area contributed by atoms with E-state index in [1.54, 1.807) is 38.1 Å². The number of benzene rings is 1. The Bertz CT molecular complexity index is 346. The number of esters is 1. The van der Waals surface area contributed by atoms with Crippen molar-refractivity contribution in [3.05, 3.63) is 34.9 Å². The lowest BCUT2D eigenvalue weighted by Crippen LogP contribution is -2.43. The number of hydrogen-bond donors (Lipinski definition) is 1. The van der Waals surface area contributed by atoms with Gasteiger partial charge in [0.05, 0.1) is 6.61 Å². The van der Waals surface area contributed by atoms with Crippen LogP contribution in [0.3, 0.4) is 0 Å². The summed E-state index contributed by atoms with van der Waals surface area (Å²) in [5.41, 5.74) is 5.46. The second-order valence-electron chi connectivity index (χ2n) is 3.43. The first-order valence-electron chi connectivity index (χ1n) is 4.70. The molecule has 2 N–H and O–H groups in total. The normalized spacial score (nSPS) is 14.4. The Balaban J connectivity index is 2.94. The van der Waals surface area contributed by atoms with Crippen molar-refractivity contribution < 1.29 is 9.53 Å². The molecule has 1 aromatic carbocycles. The highest BCUT2D eigenvalue weighted by molar-refractivity contribution is 6.30. The molecule has 0 radical (unpaired) electrons. The van der Waals surface area contributed by atoms with Crippen molar-refractivity contribution in [2.45, 2.75) is 19.4 Å². The van der Waals surface area contributed by atoms with Crippen LogP contribution < -0.4 is 5.73 Å². The Morgan fingerprint density at radius 1 is 1.47 bits per heavy atom. The molecule has 0 fully saturated rings. The summed E-state index contributed by atoms with van der Waals surface area (Å²) in [5.74, 6) is -0.438. The highest BCUT2D eigenvalue weighted by Gasteiger charge is 2.31. The van der Waals surface area contributed by atoms with Crippen LogP contribution in [0.2, 0.25) is 5.02 Å². The molecular formula is C11H14ClNO2. The third kappa shape index (κ3) is 2.70. The summed E-state index contributed by atoms with van der Waals surface area (Å²) in [4.78, 5) is 11.6. The molecule has 0 amide bonds. The van der Waals surface area contributed by atoms with Gasteiger partial charge in [-0.05, 0) is 31.5 Å². The third-order valence-electron chi connectivity index (χ3n) is 2.14. The highest BCUT2D eigenvalue weighted by Crippen LogP contribution is 2.21. The van der Waals surface area contributed by atoms with Gasteiger partial charge in [-0.25, -0.2) is 4.79 Å². The van der Waals surface area contributed by atoms with Gasteiger partial charge in [0.15, 0.2) is 0 Å². The maximum absolute atomic E-state index is 11.6. The number of rotatable bonds is 3. The Hall–Kier alpha value is -1.06. The van der Waals surface area contributed by atoms with Gasteiger partial charge in [-0.3, -0.25) is 0 Å². The molecule has 0 heterocycles. The van der Waals surface area contributed by atoms with E-state index in [1.165, 1.54) is 0 Å². The predicted molar refractivity (Wildman–Crippen MR) is 59.6 cm³/mol.